The smallest absolute Gasteiger partial charge is 0.254 e. The lowest BCUT2D eigenvalue weighted by molar-refractivity contribution is 0.0611. The van der Waals surface area contributed by atoms with Crippen molar-refractivity contribution < 1.29 is 9.53 Å². The first kappa shape index (κ1) is 15.2. The predicted molar refractivity (Wildman–Crippen MR) is 86.9 cm³/mol. The van der Waals surface area contributed by atoms with Crippen LogP contribution in [0, 0.1) is 0 Å². The number of likely N-dealkylation sites (tertiary alicyclic amines) is 1. The van der Waals surface area contributed by atoms with Crippen LogP contribution in [0.3, 0.4) is 0 Å². The van der Waals surface area contributed by atoms with Crippen molar-refractivity contribution in [3.05, 3.63) is 52.0 Å². The second-order valence-electron chi connectivity index (χ2n) is 5.51. The van der Waals surface area contributed by atoms with Gasteiger partial charge in [0.25, 0.3) is 5.91 Å². The summed E-state index contributed by atoms with van der Waals surface area (Å²) in [5, 5.41) is 3.02. The van der Waals surface area contributed by atoms with E-state index in [1.165, 1.54) is 0 Å². The van der Waals surface area contributed by atoms with E-state index in [1.807, 2.05) is 40.7 Å². The first-order chi connectivity index (χ1) is 10.8. The van der Waals surface area contributed by atoms with Gasteiger partial charge in [-0.25, -0.2) is 4.98 Å². The third-order valence-corrected chi connectivity index (χ3v) is 4.86. The van der Waals surface area contributed by atoms with Crippen LogP contribution >= 0.6 is 11.3 Å². The van der Waals surface area contributed by atoms with E-state index in [4.69, 9.17) is 4.74 Å². The molecular weight excluding hydrogens is 296 g/mol. The average molecular weight is 316 g/mol. The molecule has 0 bridgehead atoms. The van der Waals surface area contributed by atoms with E-state index in [1.54, 1.807) is 18.4 Å². The molecule has 1 amide bonds. The summed E-state index contributed by atoms with van der Waals surface area (Å²) in [5.74, 6) is 0.0952. The number of nitrogens with zero attached hydrogens (tertiary/aromatic N) is 2. The van der Waals surface area contributed by atoms with Crippen LogP contribution in [0.2, 0.25) is 0 Å². The molecule has 1 atom stereocenters. The van der Waals surface area contributed by atoms with Crippen LogP contribution in [0.15, 0.2) is 35.8 Å². The molecule has 0 unspecified atom stereocenters. The molecule has 0 N–H and O–H groups in total. The highest BCUT2D eigenvalue weighted by Gasteiger charge is 2.30. The van der Waals surface area contributed by atoms with Crippen LogP contribution in [0.4, 0.5) is 0 Å². The van der Waals surface area contributed by atoms with Crippen molar-refractivity contribution in [3.8, 4) is 0 Å². The largest absolute Gasteiger partial charge is 0.380 e. The monoisotopic (exact) mass is 316 g/mol. The van der Waals surface area contributed by atoms with Gasteiger partial charge in [-0.15, -0.1) is 11.3 Å². The summed E-state index contributed by atoms with van der Waals surface area (Å²) >= 11 is 1.63. The number of hydrogen-bond donors (Lipinski definition) is 0. The maximum atomic E-state index is 12.9. The Morgan fingerprint density at radius 1 is 1.45 bits per heavy atom. The van der Waals surface area contributed by atoms with Crippen molar-refractivity contribution in [1.29, 1.82) is 0 Å². The molecule has 0 radical (unpaired) electrons. The Kier molecular flexibility index (Phi) is 4.85. The molecule has 1 aromatic carbocycles. The number of amides is 1. The number of methoxy groups -OCH3 is 1. The second-order valence-corrected chi connectivity index (χ2v) is 6.44. The number of carbonyl (C=O) groups excluding carboxylic acids is 1. The minimum atomic E-state index is 0.0952. The lowest BCUT2D eigenvalue weighted by Gasteiger charge is -2.34. The van der Waals surface area contributed by atoms with Crippen molar-refractivity contribution in [2.24, 2.45) is 0 Å². The number of benzene rings is 1. The standard InChI is InChI=1S/C17H20N2O2S/c1-21-12-13-5-4-6-14(11-13)17(20)19-9-3-2-7-15(19)16-18-8-10-22-16/h4-6,8,10-11,15H,2-3,7,9,12H2,1H3/t15-/m1/s1. The first-order valence-corrected chi connectivity index (χ1v) is 8.46. The number of ether oxygens (including phenoxy) is 1. The molecule has 116 valence electrons. The van der Waals surface area contributed by atoms with Gasteiger partial charge in [0.05, 0.1) is 12.6 Å². The SMILES string of the molecule is COCc1cccc(C(=O)N2CCCC[C@@H]2c2nccs2)c1. The molecule has 3 rings (SSSR count). The average Bonchev–Trinajstić information content (AvgIpc) is 3.09. The maximum absolute atomic E-state index is 12.9. The molecular formula is C17H20N2O2S. The molecule has 1 fully saturated rings. The third kappa shape index (κ3) is 3.20. The van der Waals surface area contributed by atoms with E-state index in [-0.39, 0.29) is 11.9 Å². The van der Waals surface area contributed by atoms with Crippen LogP contribution < -0.4 is 0 Å². The quantitative estimate of drug-likeness (QED) is 0.864. The number of carbonyl (C=O) groups is 1. The highest BCUT2D eigenvalue weighted by Crippen LogP contribution is 2.33. The van der Waals surface area contributed by atoms with Gasteiger partial charge in [-0.05, 0) is 37.0 Å². The van der Waals surface area contributed by atoms with E-state index in [0.717, 1.165) is 41.9 Å². The van der Waals surface area contributed by atoms with Crippen molar-refractivity contribution in [2.75, 3.05) is 13.7 Å². The fraction of sp³-hybridized carbons (Fsp3) is 0.412. The van der Waals surface area contributed by atoms with Gasteiger partial charge in [-0.2, -0.15) is 0 Å². The summed E-state index contributed by atoms with van der Waals surface area (Å²) in [5.41, 5.74) is 1.76. The summed E-state index contributed by atoms with van der Waals surface area (Å²) in [6.45, 7) is 1.33. The van der Waals surface area contributed by atoms with Crippen LogP contribution in [0.25, 0.3) is 0 Å². The second kappa shape index (κ2) is 7.03. The molecule has 5 heteroatoms. The number of hydrogen-bond acceptors (Lipinski definition) is 4. The molecule has 0 spiro atoms. The Morgan fingerprint density at radius 3 is 3.14 bits per heavy atom. The fourth-order valence-corrected chi connectivity index (χ4v) is 3.74. The highest BCUT2D eigenvalue weighted by molar-refractivity contribution is 7.09. The molecule has 1 aliphatic heterocycles. The third-order valence-electron chi connectivity index (χ3n) is 3.99. The van der Waals surface area contributed by atoms with Crippen molar-refractivity contribution in [2.45, 2.75) is 31.9 Å². The molecule has 1 saturated heterocycles. The minimum absolute atomic E-state index is 0.0952. The Bertz CT molecular complexity index is 627. The predicted octanol–water partition coefficient (Wildman–Crippen LogP) is 3.66. The number of rotatable bonds is 4. The fourth-order valence-electron chi connectivity index (χ4n) is 2.96. The Hall–Kier alpha value is -1.72. The van der Waals surface area contributed by atoms with Crippen molar-refractivity contribution in [1.82, 2.24) is 9.88 Å². The van der Waals surface area contributed by atoms with Crippen LogP contribution in [0.5, 0.6) is 0 Å². The first-order valence-electron chi connectivity index (χ1n) is 7.58. The summed E-state index contributed by atoms with van der Waals surface area (Å²) in [4.78, 5) is 19.3. The van der Waals surface area contributed by atoms with Gasteiger partial charge in [-0.1, -0.05) is 12.1 Å². The van der Waals surface area contributed by atoms with Crippen LogP contribution in [-0.2, 0) is 11.3 Å². The van der Waals surface area contributed by atoms with Crippen LogP contribution in [0.1, 0.15) is 46.2 Å². The summed E-state index contributed by atoms with van der Waals surface area (Å²) in [6.07, 6.45) is 5.02. The Balaban J connectivity index is 1.84. The van der Waals surface area contributed by atoms with Gasteiger partial charge in [0.15, 0.2) is 0 Å². The summed E-state index contributed by atoms with van der Waals surface area (Å²) in [6, 6.07) is 7.83. The zero-order valence-corrected chi connectivity index (χ0v) is 13.5. The zero-order chi connectivity index (χ0) is 15.4. The van der Waals surface area contributed by atoms with E-state index < -0.39 is 0 Å². The minimum Gasteiger partial charge on any atom is -0.380 e. The van der Waals surface area contributed by atoms with E-state index in [0.29, 0.717) is 6.61 Å². The molecule has 1 aromatic heterocycles. The summed E-state index contributed by atoms with van der Waals surface area (Å²) < 4.78 is 5.15. The van der Waals surface area contributed by atoms with Gasteiger partial charge in [-0.3, -0.25) is 4.79 Å². The number of thiazole rings is 1. The number of piperidine rings is 1. The van der Waals surface area contributed by atoms with Crippen molar-refractivity contribution >= 4 is 17.2 Å². The maximum Gasteiger partial charge on any atom is 0.254 e. The Morgan fingerprint density at radius 2 is 2.36 bits per heavy atom. The normalized spacial score (nSPS) is 18.4. The van der Waals surface area contributed by atoms with Gasteiger partial charge >= 0.3 is 0 Å². The lowest BCUT2D eigenvalue weighted by Crippen LogP contribution is -2.38. The molecule has 1 aliphatic rings. The number of aromatic nitrogens is 1. The summed E-state index contributed by atoms with van der Waals surface area (Å²) in [7, 11) is 1.66. The van der Waals surface area contributed by atoms with Crippen molar-refractivity contribution in [3.63, 3.8) is 0 Å². The van der Waals surface area contributed by atoms with E-state index >= 15 is 0 Å². The molecule has 22 heavy (non-hydrogen) atoms. The van der Waals surface area contributed by atoms with Gasteiger partial charge < -0.3 is 9.64 Å². The van der Waals surface area contributed by atoms with E-state index in [9.17, 15) is 4.79 Å². The zero-order valence-electron chi connectivity index (χ0n) is 12.7. The van der Waals surface area contributed by atoms with Gasteiger partial charge in [0.1, 0.15) is 5.01 Å². The highest BCUT2D eigenvalue weighted by atomic mass is 32.1. The topological polar surface area (TPSA) is 42.4 Å². The van der Waals surface area contributed by atoms with Gasteiger partial charge in [0, 0.05) is 30.8 Å². The molecule has 2 heterocycles. The van der Waals surface area contributed by atoms with Gasteiger partial charge in [0.2, 0.25) is 0 Å². The van der Waals surface area contributed by atoms with E-state index in [2.05, 4.69) is 4.98 Å². The van der Waals surface area contributed by atoms with Crippen LogP contribution in [-0.4, -0.2) is 29.4 Å². The molecule has 2 aromatic rings. The molecule has 0 aliphatic carbocycles. The lowest BCUT2D eigenvalue weighted by atomic mass is 10.0. The Labute approximate surface area is 134 Å². The molecule has 4 nitrogen and oxygen atoms in total. The molecule has 0 saturated carbocycles.